The first-order valence-electron chi connectivity index (χ1n) is 10.5. The number of amides is 2. The van der Waals surface area contributed by atoms with Crippen LogP contribution >= 0.6 is 0 Å². The number of piperidine rings is 1. The highest BCUT2D eigenvalue weighted by atomic mass is 16.6. The van der Waals surface area contributed by atoms with Crippen molar-refractivity contribution in [2.75, 3.05) is 19.6 Å². The maximum Gasteiger partial charge on any atom is 0.410 e. The van der Waals surface area contributed by atoms with Crippen molar-refractivity contribution in [1.82, 2.24) is 14.8 Å². The number of aryl methyl sites for hydroxylation is 1. The van der Waals surface area contributed by atoms with E-state index < -0.39 is 5.60 Å². The zero-order valence-electron chi connectivity index (χ0n) is 18.1. The number of likely N-dealkylation sites (tertiary alicyclic amines) is 2. The SMILES string of the molecule is Cc1ccc(-c2ccccn2)c(C(=O)N2C[C@@H]3CCN(C(=O)OC(C)(C)C)C[C@@H]32)c1. The maximum absolute atomic E-state index is 13.5. The predicted molar refractivity (Wildman–Crippen MR) is 115 cm³/mol. The van der Waals surface area contributed by atoms with Gasteiger partial charge in [0.25, 0.3) is 5.91 Å². The minimum absolute atomic E-state index is 0.00615. The summed E-state index contributed by atoms with van der Waals surface area (Å²) in [5.74, 6) is 0.447. The minimum atomic E-state index is -0.526. The van der Waals surface area contributed by atoms with Gasteiger partial charge >= 0.3 is 6.09 Å². The number of nitrogens with zero attached hydrogens (tertiary/aromatic N) is 3. The number of aromatic nitrogens is 1. The summed E-state index contributed by atoms with van der Waals surface area (Å²) >= 11 is 0. The summed E-state index contributed by atoms with van der Waals surface area (Å²) in [5.41, 5.74) is 2.81. The molecule has 1 aromatic carbocycles. The molecule has 2 aliphatic heterocycles. The third kappa shape index (κ3) is 4.04. The summed E-state index contributed by atoms with van der Waals surface area (Å²) in [5, 5.41) is 0. The number of ether oxygens (including phenoxy) is 1. The second-order valence-electron chi connectivity index (χ2n) is 9.26. The molecule has 0 aliphatic carbocycles. The van der Waals surface area contributed by atoms with Crippen molar-refractivity contribution in [3.63, 3.8) is 0 Å². The Bertz CT molecular complexity index is 952. The fourth-order valence-corrected chi connectivity index (χ4v) is 4.26. The van der Waals surface area contributed by atoms with E-state index in [1.165, 1.54) is 0 Å². The van der Waals surface area contributed by atoms with Crippen LogP contribution in [0.15, 0.2) is 42.6 Å². The smallest absolute Gasteiger partial charge is 0.410 e. The van der Waals surface area contributed by atoms with Crippen molar-refractivity contribution in [2.24, 2.45) is 5.92 Å². The molecule has 0 spiro atoms. The fraction of sp³-hybridized carbons (Fsp3) is 0.458. The van der Waals surface area contributed by atoms with E-state index in [2.05, 4.69) is 4.98 Å². The first-order chi connectivity index (χ1) is 14.2. The van der Waals surface area contributed by atoms with E-state index in [0.29, 0.717) is 24.6 Å². The molecule has 158 valence electrons. The number of benzene rings is 1. The van der Waals surface area contributed by atoms with Gasteiger partial charge in [-0.05, 0) is 52.3 Å². The Labute approximate surface area is 177 Å². The molecule has 0 saturated carbocycles. The van der Waals surface area contributed by atoms with Crippen molar-refractivity contribution in [3.05, 3.63) is 53.7 Å². The van der Waals surface area contributed by atoms with Gasteiger partial charge in [0.2, 0.25) is 0 Å². The molecule has 2 aliphatic rings. The number of hydrogen-bond acceptors (Lipinski definition) is 4. The molecule has 2 fully saturated rings. The molecular weight excluding hydrogens is 378 g/mol. The van der Waals surface area contributed by atoms with E-state index in [1.807, 2.05) is 69.0 Å². The third-order valence-corrected chi connectivity index (χ3v) is 5.81. The van der Waals surface area contributed by atoms with Crippen LogP contribution < -0.4 is 0 Å². The Morgan fingerprint density at radius 1 is 1.13 bits per heavy atom. The van der Waals surface area contributed by atoms with Crippen LogP contribution in [-0.4, -0.2) is 58.1 Å². The lowest BCUT2D eigenvalue weighted by molar-refractivity contribution is -0.0385. The zero-order chi connectivity index (χ0) is 21.5. The van der Waals surface area contributed by atoms with Crippen LogP contribution in [0, 0.1) is 12.8 Å². The van der Waals surface area contributed by atoms with E-state index in [4.69, 9.17) is 4.74 Å². The van der Waals surface area contributed by atoms with Gasteiger partial charge in [0.1, 0.15) is 5.60 Å². The number of carbonyl (C=O) groups is 2. The summed E-state index contributed by atoms with van der Waals surface area (Å²) in [7, 11) is 0. The van der Waals surface area contributed by atoms with Gasteiger partial charge in [-0.15, -0.1) is 0 Å². The lowest BCUT2D eigenvalue weighted by atomic mass is 9.81. The molecule has 0 unspecified atom stereocenters. The van der Waals surface area contributed by atoms with Gasteiger partial charge < -0.3 is 14.5 Å². The topological polar surface area (TPSA) is 62.7 Å². The van der Waals surface area contributed by atoms with Crippen LogP contribution in [0.2, 0.25) is 0 Å². The summed E-state index contributed by atoms with van der Waals surface area (Å²) < 4.78 is 5.53. The lowest BCUT2D eigenvalue weighted by Crippen LogP contribution is -2.66. The van der Waals surface area contributed by atoms with Crippen molar-refractivity contribution in [3.8, 4) is 11.3 Å². The quantitative estimate of drug-likeness (QED) is 0.751. The Balaban J connectivity index is 1.54. The molecule has 0 bridgehead atoms. The van der Waals surface area contributed by atoms with Crippen LogP contribution in [0.25, 0.3) is 11.3 Å². The van der Waals surface area contributed by atoms with Gasteiger partial charge in [0, 0.05) is 42.9 Å². The summed E-state index contributed by atoms with van der Waals surface area (Å²) in [6, 6.07) is 11.7. The first-order valence-corrected chi connectivity index (χ1v) is 10.5. The fourth-order valence-electron chi connectivity index (χ4n) is 4.26. The molecule has 2 aromatic rings. The standard InChI is InChI=1S/C24H29N3O3/c1-16-8-9-18(20-7-5-6-11-25-20)19(13-16)22(28)27-14-17-10-12-26(15-21(17)27)23(29)30-24(2,3)4/h5-9,11,13,17,21H,10,12,14-15H2,1-4H3/t17-,21-/m0/s1. The molecule has 1 aromatic heterocycles. The molecule has 2 amide bonds. The Hall–Kier alpha value is -2.89. The zero-order valence-corrected chi connectivity index (χ0v) is 18.1. The van der Waals surface area contributed by atoms with E-state index >= 15 is 0 Å². The predicted octanol–water partition coefficient (Wildman–Crippen LogP) is 4.14. The monoisotopic (exact) mass is 407 g/mol. The third-order valence-electron chi connectivity index (χ3n) is 5.81. The van der Waals surface area contributed by atoms with E-state index in [1.54, 1.807) is 11.1 Å². The second kappa shape index (κ2) is 7.74. The van der Waals surface area contributed by atoms with E-state index in [-0.39, 0.29) is 18.0 Å². The van der Waals surface area contributed by atoms with Gasteiger partial charge in [-0.25, -0.2) is 4.79 Å². The highest BCUT2D eigenvalue weighted by molar-refractivity contribution is 6.01. The molecule has 30 heavy (non-hydrogen) atoms. The van der Waals surface area contributed by atoms with Gasteiger partial charge in [-0.2, -0.15) is 0 Å². The minimum Gasteiger partial charge on any atom is -0.444 e. The van der Waals surface area contributed by atoms with Crippen molar-refractivity contribution < 1.29 is 14.3 Å². The molecular formula is C24H29N3O3. The van der Waals surface area contributed by atoms with Crippen molar-refractivity contribution in [1.29, 1.82) is 0 Å². The molecule has 2 saturated heterocycles. The van der Waals surface area contributed by atoms with Crippen LogP contribution in [0.1, 0.15) is 43.1 Å². The average Bonchev–Trinajstić information content (AvgIpc) is 2.68. The highest BCUT2D eigenvalue weighted by Crippen LogP contribution is 2.36. The summed E-state index contributed by atoms with van der Waals surface area (Å²) in [6.07, 6.45) is 2.34. The Kier molecular flexibility index (Phi) is 5.26. The van der Waals surface area contributed by atoms with E-state index in [9.17, 15) is 9.59 Å². The first kappa shape index (κ1) is 20.4. The number of pyridine rings is 1. The Morgan fingerprint density at radius 3 is 2.63 bits per heavy atom. The summed E-state index contributed by atoms with van der Waals surface area (Å²) in [4.78, 5) is 34.1. The summed E-state index contributed by atoms with van der Waals surface area (Å²) in [6.45, 7) is 9.54. The van der Waals surface area contributed by atoms with Crippen LogP contribution in [0.4, 0.5) is 4.79 Å². The Morgan fingerprint density at radius 2 is 1.93 bits per heavy atom. The van der Waals surface area contributed by atoms with Gasteiger partial charge in [0.05, 0.1) is 11.7 Å². The van der Waals surface area contributed by atoms with Gasteiger partial charge in [-0.1, -0.05) is 23.8 Å². The van der Waals surface area contributed by atoms with Crippen LogP contribution in [0.5, 0.6) is 0 Å². The molecule has 6 heteroatoms. The number of carbonyl (C=O) groups excluding carboxylic acids is 2. The number of rotatable bonds is 2. The van der Waals surface area contributed by atoms with Crippen molar-refractivity contribution >= 4 is 12.0 Å². The molecule has 0 radical (unpaired) electrons. The van der Waals surface area contributed by atoms with Gasteiger partial charge in [-0.3, -0.25) is 9.78 Å². The van der Waals surface area contributed by atoms with E-state index in [0.717, 1.165) is 29.8 Å². The lowest BCUT2D eigenvalue weighted by Gasteiger charge is -2.53. The van der Waals surface area contributed by atoms with Gasteiger partial charge in [0.15, 0.2) is 0 Å². The number of fused-ring (bicyclic) bond motifs is 1. The number of hydrogen-bond donors (Lipinski definition) is 0. The largest absolute Gasteiger partial charge is 0.444 e. The molecule has 0 N–H and O–H groups in total. The maximum atomic E-state index is 13.5. The normalized spacial score (nSPS) is 20.9. The van der Waals surface area contributed by atoms with Crippen LogP contribution in [-0.2, 0) is 4.74 Å². The molecule has 3 heterocycles. The average molecular weight is 408 g/mol. The highest BCUT2D eigenvalue weighted by Gasteiger charge is 2.46. The second-order valence-corrected chi connectivity index (χ2v) is 9.26. The molecule has 4 rings (SSSR count). The molecule has 2 atom stereocenters. The van der Waals surface area contributed by atoms with Crippen LogP contribution in [0.3, 0.4) is 0 Å². The molecule has 6 nitrogen and oxygen atoms in total. The van der Waals surface area contributed by atoms with Crippen molar-refractivity contribution in [2.45, 2.75) is 45.8 Å².